The third-order valence-corrected chi connectivity index (χ3v) is 5.28. The molecule has 0 aliphatic heterocycles. The quantitative estimate of drug-likeness (QED) is 0.154. The van der Waals surface area contributed by atoms with Crippen molar-refractivity contribution in [2.24, 2.45) is 0 Å². The van der Waals surface area contributed by atoms with Gasteiger partial charge in [0.05, 0.1) is 84.6 Å². The maximum absolute atomic E-state index is 4.82. The molecule has 252 valence electrons. The van der Waals surface area contributed by atoms with Gasteiger partial charge in [-0.3, -0.25) is 0 Å². The van der Waals surface area contributed by atoms with E-state index < -0.39 is 0 Å². The molecular formula is C36H57N3S6. The average Bonchev–Trinajstić information content (AvgIpc) is 2.83. The van der Waals surface area contributed by atoms with Crippen LogP contribution in [0.2, 0.25) is 0 Å². The largest absolute Gasteiger partial charge is 0.428 e. The van der Waals surface area contributed by atoms with E-state index in [9.17, 15) is 0 Å². The van der Waals surface area contributed by atoms with E-state index >= 15 is 0 Å². The summed E-state index contributed by atoms with van der Waals surface area (Å²) in [6.07, 6.45) is 0. The van der Waals surface area contributed by atoms with Crippen LogP contribution in [0.25, 0.3) is 0 Å². The maximum atomic E-state index is 4.82. The van der Waals surface area contributed by atoms with Gasteiger partial charge >= 0.3 is 0 Å². The second-order valence-corrected chi connectivity index (χ2v) is 17.7. The zero-order chi connectivity index (χ0) is 36.2. The second kappa shape index (κ2) is 23.7. The Morgan fingerprint density at radius 1 is 0.356 bits per heavy atom. The smallest absolute Gasteiger partial charge is 0.0675 e. The van der Waals surface area contributed by atoms with Crippen molar-refractivity contribution in [1.82, 2.24) is 0 Å². The highest BCUT2D eigenvalue weighted by Crippen LogP contribution is 2.05. The Morgan fingerprint density at radius 3 is 0.556 bits per heavy atom. The molecule has 0 amide bonds. The van der Waals surface area contributed by atoms with E-state index in [1.807, 2.05) is 93.6 Å². The third kappa shape index (κ3) is 42.5. The van der Waals surface area contributed by atoms with Crippen LogP contribution in [0.5, 0.6) is 0 Å². The summed E-state index contributed by atoms with van der Waals surface area (Å²) in [7, 11) is 25.5. The molecule has 0 aromatic heterocycles. The van der Waals surface area contributed by atoms with E-state index in [4.69, 9.17) is 74.5 Å². The first-order valence-electron chi connectivity index (χ1n) is 14.3. The van der Waals surface area contributed by atoms with Gasteiger partial charge in [0.2, 0.25) is 0 Å². The second-order valence-electron chi connectivity index (χ2n) is 14.5. The predicted molar refractivity (Wildman–Crippen MR) is 223 cm³/mol. The molecule has 45 heavy (non-hydrogen) atoms. The maximum Gasteiger partial charge on any atom is 0.0675 e. The first-order valence-corrected chi connectivity index (χ1v) is 16.8. The molecule has 3 aromatic rings. The molecule has 0 aliphatic rings. The number of aryl methyl sites for hydroxylation is 3. The Hall–Kier alpha value is -1.53. The molecule has 0 N–H and O–H groups in total. The summed E-state index contributed by atoms with van der Waals surface area (Å²) in [4.78, 5) is 0. The molecule has 0 aliphatic carbocycles. The van der Waals surface area contributed by atoms with Crippen LogP contribution in [0.4, 0.5) is 0 Å². The van der Waals surface area contributed by atoms with E-state index in [0.29, 0.717) is 12.6 Å². The molecule has 3 aromatic carbocycles. The first-order chi connectivity index (χ1) is 20.1. The van der Waals surface area contributed by atoms with Crippen molar-refractivity contribution in [2.45, 2.75) is 20.8 Å². The van der Waals surface area contributed by atoms with E-state index in [0.717, 1.165) is 30.1 Å². The van der Waals surface area contributed by atoms with Gasteiger partial charge < -0.3 is 88.0 Å². The molecule has 0 fully saturated rings. The van der Waals surface area contributed by atoms with Gasteiger partial charge in [0, 0.05) is 0 Å². The van der Waals surface area contributed by atoms with Crippen LogP contribution in [0.1, 0.15) is 33.4 Å². The number of benzene rings is 3. The lowest BCUT2D eigenvalue weighted by atomic mass is 10.2. The molecule has 0 radical (unpaired) electrons. The van der Waals surface area contributed by atoms with Crippen LogP contribution < -0.4 is 0 Å². The van der Waals surface area contributed by atoms with Gasteiger partial charge in [0.1, 0.15) is 0 Å². The van der Waals surface area contributed by atoms with E-state index in [1.165, 1.54) is 16.7 Å². The minimum atomic E-state index is 0.542. The zero-order valence-corrected chi connectivity index (χ0v) is 35.1. The average molecular weight is 724 g/mol. The minimum Gasteiger partial charge on any atom is -0.428 e. The molecule has 9 heteroatoms. The van der Waals surface area contributed by atoms with Crippen molar-refractivity contribution in [2.75, 3.05) is 84.6 Å². The number of thiocarbonyl (C=S) groups is 3. The topological polar surface area (TPSA) is 0 Å². The standard InChI is InChI=1S/3C8H8S2.3C4H12N/c3*1-6-2-4-7(5-3-6)8(9)10;3*1-5(2,3)4/h3*2-5H,1H3,(H,9,10);3*1-4H3/q;;;3*+1/p-3. The van der Waals surface area contributed by atoms with Gasteiger partial charge in [-0.25, -0.2) is 0 Å². The van der Waals surface area contributed by atoms with Gasteiger partial charge in [-0.05, 0) is 37.5 Å². The van der Waals surface area contributed by atoms with Crippen molar-refractivity contribution in [3.63, 3.8) is 0 Å². The van der Waals surface area contributed by atoms with Gasteiger partial charge in [-0.1, -0.05) is 89.5 Å². The summed E-state index contributed by atoms with van der Waals surface area (Å²) >= 11 is 28.9. The van der Waals surface area contributed by atoms with Crippen molar-refractivity contribution >= 4 is 87.1 Å². The van der Waals surface area contributed by atoms with E-state index in [-0.39, 0.29) is 0 Å². The monoisotopic (exact) mass is 723 g/mol. The molecule has 0 bridgehead atoms. The summed E-state index contributed by atoms with van der Waals surface area (Å²) in [5, 5.41) is 0. The van der Waals surface area contributed by atoms with Crippen molar-refractivity contribution in [3.05, 3.63) is 106 Å². The van der Waals surface area contributed by atoms with Crippen LogP contribution in [0.15, 0.2) is 72.8 Å². The fourth-order valence-corrected chi connectivity index (χ4v) is 2.89. The molecule has 0 unspecified atom stereocenters. The van der Waals surface area contributed by atoms with Crippen LogP contribution in [-0.2, 0) is 37.9 Å². The summed E-state index contributed by atoms with van der Waals surface area (Å²) in [5.41, 5.74) is 6.60. The highest BCUT2D eigenvalue weighted by atomic mass is 32.1. The van der Waals surface area contributed by atoms with Crippen LogP contribution in [0.3, 0.4) is 0 Å². The molecule has 0 spiro atoms. The number of hydrogen-bond acceptors (Lipinski definition) is 6. The summed E-state index contributed by atoms with van der Waals surface area (Å²) in [6.45, 7) is 6.11. The van der Waals surface area contributed by atoms with Gasteiger partial charge in [0.15, 0.2) is 0 Å². The van der Waals surface area contributed by atoms with Gasteiger partial charge in [-0.2, -0.15) is 0 Å². The lowest BCUT2D eigenvalue weighted by molar-refractivity contribution is -0.849. The predicted octanol–water partition coefficient (Wildman–Crippen LogP) is 7.62. The third-order valence-electron chi connectivity index (χ3n) is 3.86. The summed E-state index contributed by atoms with van der Waals surface area (Å²) in [6, 6.07) is 23.7. The molecule has 0 atom stereocenters. The Balaban J connectivity index is -0.000000486. The van der Waals surface area contributed by atoms with Crippen LogP contribution >= 0.6 is 36.7 Å². The number of quaternary nitrogens is 3. The Bertz CT molecular complexity index is 1070. The van der Waals surface area contributed by atoms with Crippen molar-refractivity contribution in [3.8, 4) is 0 Å². The Morgan fingerprint density at radius 2 is 0.467 bits per heavy atom. The highest BCUT2D eigenvalue weighted by molar-refractivity contribution is 8.01. The van der Waals surface area contributed by atoms with Gasteiger partial charge in [0.25, 0.3) is 0 Å². The first kappa shape index (κ1) is 47.9. The van der Waals surface area contributed by atoms with Crippen molar-refractivity contribution in [1.29, 1.82) is 0 Å². The highest BCUT2D eigenvalue weighted by Gasteiger charge is 1.90. The number of rotatable bonds is 3. The Kier molecular flexibility index (Phi) is 25.3. The summed E-state index contributed by atoms with van der Waals surface area (Å²) < 4.78 is 4.63. The normalized spacial score (nSPS) is 10.2. The van der Waals surface area contributed by atoms with Crippen LogP contribution in [0, 0.1) is 20.8 Å². The molecule has 0 saturated carbocycles. The molecule has 3 rings (SSSR count). The number of nitrogens with zero attached hydrogens (tertiary/aromatic N) is 3. The zero-order valence-electron chi connectivity index (χ0n) is 30.2. The molecule has 3 nitrogen and oxygen atoms in total. The SMILES string of the molecule is C[N+](C)(C)C.C[N+](C)(C)C.C[N+](C)(C)C.Cc1ccc(C(=S)[S-])cc1.Cc1ccc(C(=S)[S-])cc1.Cc1ccc(C(=S)[S-])cc1. The van der Waals surface area contributed by atoms with Crippen LogP contribution in [-0.4, -0.2) is 111 Å². The molecular weight excluding hydrogens is 667 g/mol. The summed E-state index contributed by atoms with van der Waals surface area (Å²) in [5.74, 6) is 0. The minimum absolute atomic E-state index is 0.542. The lowest BCUT2D eigenvalue weighted by Crippen LogP contribution is -2.27. The Labute approximate surface area is 310 Å². The number of hydrogen-bond donors (Lipinski definition) is 0. The fraction of sp³-hybridized carbons (Fsp3) is 0.417. The van der Waals surface area contributed by atoms with Crippen molar-refractivity contribution < 1.29 is 13.4 Å². The van der Waals surface area contributed by atoms with E-state index in [1.54, 1.807) is 0 Å². The molecule has 0 heterocycles. The molecule has 0 saturated heterocycles. The fourth-order valence-electron chi connectivity index (χ4n) is 2.07. The van der Waals surface area contributed by atoms with E-state index in [2.05, 4.69) is 84.6 Å². The van der Waals surface area contributed by atoms with Gasteiger partial charge in [-0.15, -0.1) is 12.6 Å². The lowest BCUT2D eigenvalue weighted by Gasteiger charge is -2.14.